The van der Waals surface area contributed by atoms with Gasteiger partial charge in [0.15, 0.2) is 5.76 Å². The van der Waals surface area contributed by atoms with Gasteiger partial charge in [0.2, 0.25) is 5.78 Å². The summed E-state index contributed by atoms with van der Waals surface area (Å²) in [7, 11) is 0. The number of nitro groups is 1. The summed E-state index contributed by atoms with van der Waals surface area (Å²) in [6.07, 6.45) is -1.98. The van der Waals surface area contributed by atoms with E-state index in [2.05, 4.69) is 5.16 Å². The fraction of sp³-hybridized carbons (Fsp3) is 0.286. The maximum absolute atomic E-state index is 12.7. The van der Waals surface area contributed by atoms with Crippen molar-refractivity contribution >= 4 is 11.5 Å². The number of rotatable bonds is 4. The molecule has 1 aliphatic carbocycles. The highest BCUT2D eigenvalue weighted by molar-refractivity contribution is 6.12. The fourth-order valence-corrected chi connectivity index (χ4v) is 2.26. The lowest BCUT2D eigenvalue weighted by Crippen LogP contribution is -2.10. The van der Waals surface area contributed by atoms with Crippen molar-refractivity contribution in [2.45, 2.75) is 24.9 Å². The van der Waals surface area contributed by atoms with E-state index in [1.54, 1.807) is 0 Å². The van der Waals surface area contributed by atoms with Crippen LogP contribution in [0.3, 0.4) is 0 Å². The molecule has 0 aliphatic heterocycles. The Bertz CT molecular complexity index is 794. The number of hydrogen-bond acceptors (Lipinski definition) is 5. The van der Waals surface area contributed by atoms with Crippen molar-refractivity contribution in [1.82, 2.24) is 5.16 Å². The van der Waals surface area contributed by atoms with Gasteiger partial charge in [-0.25, -0.2) is 0 Å². The Morgan fingerprint density at radius 1 is 1.30 bits per heavy atom. The third-order valence-corrected chi connectivity index (χ3v) is 3.56. The van der Waals surface area contributed by atoms with Gasteiger partial charge >= 0.3 is 6.18 Å². The van der Waals surface area contributed by atoms with Crippen LogP contribution in [0.1, 0.15) is 46.0 Å². The van der Waals surface area contributed by atoms with Crippen LogP contribution in [0.5, 0.6) is 0 Å². The lowest BCUT2D eigenvalue weighted by atomic mass is 9.99. The maximum Gasteiger partial charge on any atom is 0.416 e. The molecule has 1 aromatic carbocycles. The smallest absolute Gasteiger partial charge is 0.360 e. The van der Waals surface area contributed by atoms with Crippen LogP contribution < -0.4 is 0 Å². The molecule has 0 saturated heterocycles. The van der Waals surface area contributed by atoms with Crippen molar-refractivity contribution in [2.75, 3.05) is 0 Å². The number of alkyl halides is 3. The van der Waals surface area contributed by atoms with E-state index in [0.29, 0.717) is 17.9 Å². The molecule has 0 N–H and O–H groups in total. The summed E-state index contributed by atoms with van der Waals surface area (Å²) in [6.45, 7) is 0. The Morgan fingerprint density at radius 3 is 2.57 bits per heavy atom. The quantitative estimate of drug-likeness (QED) is 0.485. The first-order valence-corrected chi connectivity index (χ1v) is 6.64. The van der Waals surface area contributed by atoms with E-state index >= 15 is 0 Å². The third kappa shape index (κ3) is 2.81. The molecule has 6 nitrogen and oxygen atoms in total. The summed E-state index contributed by atoms with van der Waals surface area (Å²) < 4.78 is 43.0. The molecule has 1 aromatic heterocycles. The van der Waals surface area contributed by atoms with Gasteiger partial charge in [0.05, 0.1) is 22.2 Å². The Hall–Kier alpha value is -2.71. The highest BCUT2D eigenvalue weighted by Crippen LogP contribution is 2.42. The Balaban J connectivity index is 2.06. The molecule has 3 rings (SSSR count). The summed E-state index contributed by atoms with van der Waals surface area (Å²) in [5, 5.41) is 14.6. The molecule has 0 atom stereocenters. The number of nitro benzene ring substituents is 1. The van der Waals surface area contributed by atoms with E-state index in [9.17, 15) is 28.1 Å². The van der Waals surface area contributed by atoms with Gasteiger partial charge in [0.25, 0.3) is 5.69 Å². The standard InChI is InChI=1S/C14H9F3N2O4/c15-14(16,17)8-3-4-9(11(5-8)19(21)22)12(20)10-6-18-23-13(10)7-1-2-7/h3-7H,1-2H2. The molecule has 9 heteroatoms. The highest BCUT2D eigenvalue weighted by Gasteiger charge is 2.37. The number of benzene rings is 1. The van der Waals surface area contributed by atoms with Crippen molar-refractivity contribution in [1.29, 1.82) is 0 Å². The van der Waals surface area contributed by atoms with E-state index < -0.39 is 33.7 Å². The van der Waals surface area contributed by atoms with Gasteiger partial charge in [0, 0.05) is 12.0 Å². The second kappa shape index (κ2) is 5.18. The molecule has 1 saturated carbocycles. The largest absolute Gasteiger partial charge is 0.416 e. The summed E-state index contributed by atoms with van der Waals surface area (Å²) in [6, 6.07) is 1.81. The van der Waals surface area contributed by atoms with Crippen LogP contribution in [0.2, 0.25) is 0 Å². The van der Waals surface area contributed by atoms with Crippen LogP contribution in [-0.4, -0.2) is 15.9 Å². The molecule has 0 radical (unpaired) electrons. The fourth-order valence-electron chi connectivity index (χ4n) is 2.26. The Labute approximate surface area is 127 Å². The average Bonchev–Trinajstić information content (AvgIpc) is 3.22. The van der Waals surface area contributed by atoms with Crippen LogP contribution in [0.15, 0.2) is 28.9 Å². The van der Waals surface area contributed by atoms with Gasteiger partial charge in [-0.05, 0) is 25.0 Å². The normalized spacial score (nSPS) is 14.7. The molecule has 0 bridgehead atoms. The van der Waals surface area contributed by atoms with E-state index in [1.165, 1.54) is 0 Å². The lowest BCUT2D eigenvalue weighted by Gasteiger charge is -2.08. The number of ketones is 1. The van der Waals surface area contributed by atoms with Gasteiger partial charge in [-0.1, -0.05) is 5.16 Å². The molecule has 0 unspecified atom stereocenters. The molecule has 0 spiro atoms. The van der Waals surface area contributed by atoms with Crippen molar-refractivity contribution in [3.05, 3.63) is 57.0 Å². The first-order chi connectivity index (χ1) is 10.8. The minimum absolute atomic E-state index is 0.0324. The molecule has 0 amide bonds. The molecular weight excluding hydrogens is 317 g/mol. The van der Waals surface area contributed by atoms with Gasteiger partial charge in [-0.2, -0.15) is 13.2 Å². The topological polar surface area (TPSA) is 86.2 Å². The van der Waals surface area contributed by atoms with E-state index in [-0.39, 0.29) is 11.5 Å². The average molecular weight is 326 g/mol. The first-order valence-electron chi connectivity index (χ1n) is 6.64. The minimum atomic E-state index is -4.73. The number of aromatic nitrogens is 1. The molecule has 120 valence electrons. The summed E-state index contributed by atoms with van der Waals surface area (Å²) in [5.41, 5.74) is -2.45. The lowest BCUT2D eigenvalue weighted by molar-refractivity contribution is -0.385. The molecular formula is C14H9F3N2O4. The Morgan fingerprint density at radius 2 is 2.00 bits per heavy atom. The van der Waals surface area contributed by atoms with Crippen LogP contribution in [-0.2, 0) is 6.18 Å². The summed E-state index contributed by atoms with van der Waals surface area (Å²) in [4.78, 5) is 22.5. The highest BCUT2D eigenvalue weighted by atomic mass is 19.4. The monoisotopic (exact) mass is 326 g/mol. The second-order valence-electron chi connectivity index (χ2n) is 5.19. The van der Waals surface area contributed by atoms with Crippen molar-refractivity contribution in [2.24, 2.45) is 0 Å². The zero-order valence-electron chi connectivity index (χ0n) is 11.5. The summed E-state index contributed by atoms with van der Waals surface area (Å²) >= 11 is 0. The van der Waals surface area contributed by atoms with Crippen LogP contribution >= 0.6 is 0 Å². The van der Waals surface area contributed by atoms with Gasteiger partial charge < -0.3 is 4.52 Å². The summed E-state index contributed by atoms with van der Waals surface area (Å²) in [5.74, 6) is -0.414. The van der Waals surface area contributed by atoms with E-state index in [0.717, 1.165) is 25.1 Å². The van der Waals surface area contributed by atoms with Crippen molar-refractivity contribution in [3.63, 3.8) is 0 Å². The zero-order valence-corrected chi connectivity index (χ0v) is 11.5. The maximum atomic E-state index is 12.7. The number of halogens is 3. The van der Waals surface area contributed by atoms with Crippen molar-refractivity contribution < 1.29 is 27.4 Å². The van der Waals surface area contributed by atoms with Gasteiger partial charge in [-0.15, -0.1) is 0 Å². The van der Waals surface area contributed by atoms with Crippen LogP contribution in [0, 0.1) is 10.1 Å². The molecule has 1 heterocycles. The Kier molecular flexibility index (Phi) is 3.42. The number of nitrogens with zero attached hydrogens (tertiary/aromatic N) is 2. The number of carbonyl (C=O) groups is 1. The molecule has 2 aromatic rings. The predicted octanol–water partition coefficient (Wildman–Crippen LogP) is 3.71. The van der Waals surface area contributed by atoms with Gasteiger partial charge in [0.1, 0.15) is 5.56 Å². The predicted molar refractivity (Wildman–Crippen MR) is 70.0 cm³/mol. The second-order valence-corrected chi connectivity index (χ2v) is 5.19. The zero-order chi connectivity index (χ0) is 16.8. The molecule has 1 fully saturated rings. The molecule has 23 heavy (non-hydrogen) atoms. The van der Waals surface area contributed by atoms with Crippen LogP contribution in [0.25, 0.3) is 0 Å². The van der Waals surface area contributed by atoms with Crippen LogP contribution in [0.4, 0.5) is 18.9 Å². The number of carbonyl (C=O) groups excluding carboxylic acids is 1. The molecule has 1 aliphatic rings. The SMILES string of the molecule is O=C(c1ccc(C(F)(F)F)cc1[N+](=O)[O-])c1cnoc1C1CC1. The van der Waals surface area contributed by atoms with Crippen molar-refractivity contribution in [3.8, 4) is 0 Å². The number of hydrogen-bond donors (Lipinski definition) is 0. The van der Waals surface area contributed by atoms with E-state index in [1.807, 2.05) is 0 Å². The third-order valence-electron chi connectivity index (χ3n) is 3.56. The minimum Gasteiger partial charge on any atom is -0.360 e. The van der Waals surface area contributed by atoms with E-state index in [4.69, 9.17) is 4.52 Å². The van der Waals surface area contributed by atoms with Gasteiger partial charge in [-0.3, -0.25) is 14.9 Å². The first kappa shape index (κ1) is 15.2.